The normalized spacial score (nSPS) is 40.1. The number of hydrogen-bond donors (Lipinski definition) is 2. The summed E-state index contributed by atoms with van der Waals surface area (Å²) < 4.78 is 16.1. The summed E-state index contributed by atoms with van der Waals surface area (Å²) in [5.41, 5.74) is -3.04. The lowest BCUT2D eigenvalue weighted by Gasteiger charge is -2.71. The monoisotopic (exact) mass is 458 g/mol. The predicted molar refractivity (Wildman–Crippen MR) is 116 cm³/mol. The Kier molecular flexibility index (Phi) is 4.03. The van der Waals surface area contributed by atoms with Crippen LogP contribution in [0.5, 0.6) is 11.5 Å². The van der Waals surface area contributed by atoms with Crippen LogP contribution in [0.25, 0.3) is 0 Å². The van der Waals surface area contributed by atoms with Gasteiger partial charge in [0.15, 0.2) is 17.1 Å². The standard InChI is InChI=1S/C24H30N2O7/c1-31-17-15(27)6-5-14-16(17)26(20(29)33-3)24-9-8-21(13-23(24,30)19(28)32-2)7-4-11-25-12-10-22(14,24)18(21)25/h5-6,18,27,30H,4,7-13H2,1-3H3/t18-,21+,22+,23+,24-/m0/s1. The highest BCUT2D eigenvalue weighted by Gasteiger charge is 2.87. The molecule has 3 aliphatic carbocycles. The van der Waals surface area contributed by atoms with Crippen LogP contribution in [0.15, 0.2) is 12.1 Å². The molecule has 33 heavy (non-hydrogen) atoms. The Bertz CT molecular complexity index is 1080. The fourth-order valence-electron chi connectivity index (χ4n) is 8.96. The molecule has 2 saturated heterocycles. The zero-order chi connectivity index (χ0) is 23.4. The van der Waals surface area contributed by atoms with E-state index in [1.165, 1.54) is 26.2 Å². The molecule has 5 atom stereocenters. The third-order valence-corrected chi connectivity index (χ3v) is 9.62. The first-order valence-corrected chi connectivity index (χ1v) is 11.6. The number of nitrogens with zero attached hydrogens (tertiary/aromatic N) is 2. The van der Waals surface area contributed by atoms with Crippen LogP contribution in [-0.2, 0) is 19.7 Å². The van der Waals surface area contributed by atoms with E-state index >= 15 is 0 Å². The van der Waals surface area contributed by atoms with Gasteiger partial charge in [-0.3, -0.25) is 9.80 Å². The van der Waals surface area contributed by atoms with Gasteiger partial charge >= 0.3 is 12.1 Å². The van der Waals surface area contributed by atoms with Gasteiger partial charge in [0.05, 0.1) is 27.0 Å². The second-order valence-corrected chi connectivity index (χ2v) is 10.3. The minimum absolute atomic E-state index is 0.0556. The molecular weight excluding hydrogens is 428 g/mol. The third-order valence-electron chi connectivity index (χ3n) is 9.62. The number of phenols is 1. The number of hydrogen-bond acceptors (Lipinski definition) is 8. The van der Waals surface area contributed by atoms with E-state index in [2.05, 4.69) is 4.90 Å². The van der Waals surface area contributed by atoms with Crippen molar-refractivity contribution in [2.24, 2.45) is 5.41 Å². The fraction of sp³-hybridized carbons (Fsp3) is 0.667. The largest absolute Gasteiger partial charge is 0.504 e. The van der Waals surface area contributed by atoms with Gasteiger partial charge in [0.1, 0.15) is 5.54 Å². The van der Waals surface area contributed by atoms with Gasteiger partial charge in [-0.2, -0.15) is 0 Å². The molecule has 5 fully saturated rings. The van der Waals surface area contributed by atoms with Crippen molar-refractivity contribution in [1.29, 1.82) is 0 Å². The zero-order valence-electron chi connectivity index (χ0n) is 19.2. The lowest BCUT2D eigenvalue weighted by Crippen LogP contribution is -2.86. The molecule has 0 radical (unpaired) electrons. The van der Waals surface area contributed by atoms with Crippen LogP contribution in [0.2, 0.25) is 0 Å². The first-order valence-electron chi connectivity index (χ1n) is 11.6. The number of aromatic hydroxyl groups is 1. The maximum absolute atomic E-state index is 13.5. The number of amides is 1. The van der Waals surface area contributed by atoms with Crippen molar-refractivity contribution < 1.29 is 34.0 Å². The average Bonchev–Trinajstić information content (AvgIpc) is 3.34. The highest BCUT2D eigenvalue weighted by molar-refractivity contribution is 6.01. The van der Waals surface area contributed by atoms with Crippen LogP contribution in [0.1, 0.15) is 44.1 Å². The molecule has 1 aromatic rings. The van der Waals surface area contributed by atoms with Gasteiger partial charge in [-0.05, 0) is 68.7 Å². The molecule has 3 aliphatic heterocycles. The highest BCUT2D eigenvalue weighted by atomic mass is 16.6. The molecule has 178 valence electrons. The SMILES string of the molecule is COC(=O)N1c2c(ccc(O)c2OC)[C@@]23CCN4CCC[C@]5(CC[C@]12[C@](O)(C(=O)OC)C5)[C@H]43. The maximum atomic E-state index is 13.5. The van der Waals surface area contributed by atoms with Crippen LogP contribution >= 0.6 is 0 Å². The molecule has 6 aliphatic rings. The number of anilines is 1. The van der Waals surface area contributed by atoms with Gasteiger partial charge in [0.25, 0.3) is 0 Å². The molecule has 9 nitrogen and oxygen atoms in total. The molecule has 1 amide bonds. The Labute approximate surface area is 192 Å². The van der Waals surface area contributed by atoms with E-state index in [9.17, 15) is 19.8 Å². The van der Waals surface area contributed by atoms with Gasteiger partial charge in [0.2, 0.25) is 0 Å². The van der Waals surface area contributed by atoms with E-state index in [-0.39, 0.29) is 29.4 Å². The first kappa shape index (κ1) is 21.0. The molecule has 9 heteroatoms. The maximum Gasteiger partial charge on any atom is 0.414 e. The summed E-state index contributed by atoms with van der Waals surface area (Å²) in [5.74, 6) is -0.690. The Morgan fingerprint density at radius 1 is 1.06 bits per heavy atom. The van der Waals surface area contributed by atoms with Crippen LogP contribution in [0.3, 0.4) is 0 Å². The summed E-state index contributed by atoms with van der Waals surface area (Å²) in [7, 11) is 4.00. The quantitative estimate of drug-likeness (QED) is 0.647. The van der Waals surface area contributed by atoms with Crippen molar-refractivity contribution in [2.75, 3.05) is 39.3 Å². The van der Waals surface area contributed by atoms with E-state index in [0.717, 1.165) is 37.9 Å². The van der Waals surface area contributed by atoms with E-state index in [1.54, 1.807) is 6.07 Å². The smallest absolute Gasteiger partial charge is 0.414 e. The number of rotatable bonds is 2. The summed E-state index contributed by atoms with van der Waals surface area (Å²) in [4.78, 5) is 30.9. The summed E-state index contributed by atoms with van der Waals surface area (Å²) in [6.07, 6.45) is 3.33. The van der Waals surface area contributed by atoms with E-state index < -0.39 is 28.6 Å². The summed E-state index contributed by atoms with van der Waals surface area (Å²) in [6, 6.07) is 3.47. The number of aliphatic hydroxyl groups is 1. The molecule has 0 aromatic heterocycles. The van der Waals surface area contributed by atoms with Crippen LogP contribution in [0.4, 0.5) is 10.5 Å². The number of phenolic OH excluding ortho intramolecular Hbond substituents is 1. The topological polar surface area (TPSA) is 109 Å². The minimum atomic E-state index is -1.93. The first-order chi connectivity index (χ1) is 15.8. The van der Waals surface area contributed by atoms with Crippen molar-refractivity contribution in [3.63, 3.8) is 0 Å². The molecule has 0 unspecified atom stereocenters. The van der Waals surface area contributed by atoms with Crippen LogP contribution in [0, 0.1) is 5.41 Å². The van der Waals surface area contributed by atoms with Crippen molar-refractivity contribution in [3.05, 3.63) is 17.7 Å². The molecule has 3 heterocycles. The second kappa shape index (κ2) is 6.33. The molecule has 7 rings (SSSR count). The van der Waals surface area contributed by atoms with Crippen molar-refractivity contribution >= 4 is 17.7 Å². The van der Waals surface area contributed by atoms with Crippen molar-refractivity contribution in [2.45, 2.75) is 61.1 Å². The number of ether oxygens (including phenoxy) is 3. The molecule has 1 aromatic carbocycles. The molecule has 3 saturated carbocycles. The Morgan fingerprint density at radius 3 is 2.55 bits per heavy atom. The summed E-state index contributed by atoms with van der Waals surface area (Å²) in [5, 5.41) is 23.1. The van der Waals surface area contributed by atoms with Crippen LogP contribution < -0.4 is 9.64 Å². The number of methoxy groups -OCH3 is 3. The Balaban J connectivity index is 1.76. The average molecular weight is 459 g/mol. The van der Waals surface area contributed by atoms with Gasteiger partial charge < -0.3 is 24.4 Å². The molecule has 2 bridgehead atoms. The Hall–Kier alpha value is -2.52. The highest BCUT2D eigenvalue weighted by Crippen LogP contribution is 2.77. The molecule has 2 N–H and O–H groups in total. The number of fused-ring (bicyclic) bond motifs is 3. The molecule has 3 spiro atoms. The minimum Gasteiger partial charge on any atom is -0.504 e. The lowest BCUT2D eigenvalue weighted by atomic mass is 9.37. The summed E-state index contributed by atoms with van der Waals surface area (Å²) in [6.45, 7) is 1.76. The second-order valence-electron chi connectivity index (χ2n) is 10.3. The number of piperidine rings is 1. The summed E-state index contributed by atoms with van der Waals surface area (Å²) >= 11 is 0. The number of carbonyl (C=O) groups excluding carboxylic acids is 2. The van der Waals surface area contributed by atoms with Crippen molar-refractivity contribution in [3.8, 4) is 11.5 Å². The zero-order valence-corrected chi connectivity index (χ0v) is 19.2. The number of carbonyl (C=O) groups is 2. The Morgan fingerprint density at radius 2 is 1.85 bits per heavy atom. The van der Waals surface area contributed by atoms with Crippen molar-refractivity contribution in [1.82, 2.24) is 4.90 Å². The predicted octanol–water partition coefficient (Wildman–Crippen LogP) is 1.92. The number of benzene rings is 1. The van der Waals surface area contributed by atoms with Gasteiger partial charge in [0, 0.05) is 11.5 Å². The van der Waals surface area contributed by atoms with E-state index in [1.807, 2.05) is 6.07 Å². The van der Waals surface area contributed by atoms with Gasteiger partial charge in [-0.1, -0.05) is 6.07 Å². The van der Waals surface area contributed by atoms with E-state index in [4.69, 9.17) is 14.2 Å². The third kappa shape index (κ3) is 1.96. The lowest BCUT2D eigenvalue weighted by molar-refractivity contribution is -0.227. The number of esters is 1. The van der Waals surface area contributed by atoms with E-state index in [0.29, 0.717) is 18.5 Å². The molecular formula is C24H30N2O7. The van der Waals surface area contributed by atoms with Gasteiger partial charge in [-0.25, -0.2) is 9.59 Å². The van der Waals surface area contributed by atoms with Gasteiger partial charge in [-0.15, -0.1) is 0 Å². The fourth-order valence-corrected chi connectivity index (χ4v) is 8.96. The van der Waals surface area contributed by atoms with Crippen LogP contribution in [-0.4, -0.2) is 78.8 Å².